The molecule has 1 fully saturated rings. The average molecular weight is 269 g/mol. The Morgan fingerprint density at radius 3 is 2.42 bits per heavy atom. The van der Waals surface area contributed by atoms with E-state index in [4.69, 9.17) is 5.11 Å². The van der Waals surface area contributed by atoms with Gasteiger partial charge in [0.1, 0.15) is 11.6 Å². The Labute approximate surface area is 110 Å². The molecule has 2 rings (SSSR count). The summed E-state index contributed by atoms with van der Waals surface area (Å²) < 4.78 is 27.0. The number of aliphatic hydroxyl groups is 1. The molecule has 1 saturated carbocycles. The molecule has 0 heterocycles. The summed E-state index contributed by atoms with van der Waals surface area (Å²) in [5, 5.41) is 8.99. The van der Waals surface area contributed by atoms with Gasteiger partial charge < -0.3 is 10.0 Å². The van der Waals surface area contributed by atoms with Gasteiger partial charge in [0.25, 0.3) is 0 Å². The van der Waals surface area contributed by atoms with Crippen LogP contribution in [0.25, 0.3) is 0 Å². The van der Waals surface area contributed by atoms with Crippen molar-refractivity contribution >= 4 is 5.91 Å². The molecule has 1 aromatic rings. The third kappa shape index (κ3) is 3.10. The number of carbonyl (C=O) groups excluding carboxylic acids is 1. The van der Waals surface area contributed by atoms with Crippen LogP contribution in [0.2, 0.25) is 0 Å². The highest BCUT2D eigenvalue weighted by atomic mass is 19.1. The molecule has 0 saturated heterocycles. The monoisotopic (exact) mass is 269 g/mol. The molecule has 104 valence electrons. The van der Waals surface area contributed by atoms with Gasteiger partial charge in [-0.3, -0.25) is 4.79 Å². The maximum Gasteiger partial charge on any atom is 0.227 e. The zero-order valence-electron chi connectivity index (χ0n) is 10.6. The van der Waals surface area contributed by atoms with Crippen LogP contribution in [0.1, 0.15) is 24.8 Å². The summed E-state index contributed by atoms with van der Waals surface area (Å²) in [4.78, 5) is 13.7. The van der Waals surface area contributed by atoms with Crippen molar-refractivity contribution in [1.82, 2.24) is 4.90 Å². The molecule has 0 spiro atoms. The van der Waals surface area contributed by atoms with Crippen molar-refractivity contribution in [3.8, 4) is 0 Å². The number of aliphatic hydroxyl groups excluding tert-OH is 1. The highest BCUT2D eigenvalue weighted by molar-refractivity contribution is 5.79. The zero-order valence-corrected chi connectivity index (χ0v) is 10.6. The first-order chi connectivity index (χ1) is 9.13. The van der Waals surface area contributed by atoms with Crippen LogP contribution in [0.5, 0.6) is 0 Å². The zero-order chi connectivity index (χ0) is 13.8. The second-order valence-corrected chi connectivity index (χ2v) is 4.77. The third-order valence-corrected chi connectivity index (χ3v) is 3.57. The fourth-order valence-electron chi connectivity index (χ4n) is 2.27. The van der Waals surface area contributed by atoms with Crippen LogP contribution in [-0.2, 0) is 11.2 Å². The second-order valence-electron chi connectivity index (χ2n) is 4.77. The maximum atomic E-state index is 13.5. The Hall–Kier alpha value is -1.49. The quantitative estimate of drug-likeness (QED) is 0.886. The summed E-state index contributed by atoms with van der Waals surface area (Å²) >= 11 is 0. The van der Waals surface area contributed by atoms with Crippen LogP contribution in [0.3, 0.4) is 0 Å². The van der Waals surface area contributed by atoms with Gasteiger partial charge in [-0.2, -0.15) is 0 Å². The fraction of sp³-hybridized carbons (Fsp3) is 0.500. The molecule has 0 bridgehead atoms. The largest absolute Gasteiger partial charge is 0.395 e. The van der Waals surface area contributed by atoms with E-state index < -0.39 is 11.6 Å². The minimum Gasteiger partial charge on any atom is -0.395 e. The highest BCUT2D eigenvalue weighted by Crippen LogP contribution is 2.25. The van der Waals surface area contributed by atoms with Gasteiger partial charge in [0, 0.05) is 18.2 Å². The molecule has 19 heavy (non-hydrogen) atoms. The Balaban J connectivity index is 2.09. The molecular formula is C14H17F2NO2. The summed E-state index contributed by atoms with van der Waals surface area (Å²) in [6.07, 6.45) is 2.54. The van der Waals surface area contributed by atoms with Crippen molar-refractivity contribution in [3.63, 3.8) is 0 Å². The normalized spacial score (nSPS) is 15.1. The van der Waals surface area contributed by atoms with Crippen molar-refractivity contribution in [2.75, 3.05) is 13.2 Å². The molecule has 1 aliphatic rings. The van der Waals surface area contributed by atoms with Crippen LogP contribution < -0.4 is 0 Å². The van der Waals surface area contributed by atoms with E-state index in [1.165, 1.54) is 11.0 Å². The van der Waals surface area contributed by atoms with Gasteiger partial charge in [0.15, 0.2) is 0 Å². The van der Waals surface area contributed by atoms with E-state index >= 15 is 0 Å². The number of hydrogen-bond donors (Lipinski definition) is 1. The van der Waals surface area contributed by atoms with E-state index in [-0.39, 0.29) is 37.1 Å². The first-order valence-electron chi connectivity index (χ1n) is 6.46. The first kappa shape index (κ1) is 13.9. The van der Waals surface area contributed by atoms with Gasteiger partial charge in [0.2, 0.25) is 5.91 Å². The van der Waals surface area contributed by atoms with Crippen molar-refractivity contribution in [1.29, 1.82) is 0 Å². The van der Waals surface area contributed by atoms with Crippen LogP contribution in [-0.4, -0.2) is 35.1 Å². The van der Waals surface area contributed by atoms with Crippen LogP contribution >= 0.6 is 0 Å². The molecule has 1 N–H and O–H groups in total. The van der Waals surface area contributed by atoms with E-state index in [1.54, 1.807) is 0 Å². The molecule has 0 radical (unpaired) electrons. The van der Waals surface area contributed by atoms with E-state index in [0.717, 1.165) is 31.4 Å². The molecule has 0 aliphatic heterocycles. The molecule has 0 aromatic heterocycles. The number of rotatable bonds is 5. The van der Waals surface area contributed by atoms with Gasteiger partial charge in [0.05, 0.1) is 13.0 Å². The van der Waals surface area contributed by atoms with Crippen LogP contribution in [0, 0.1) is 11.6 Å². The summed E-state index contributed by atoms with van der Waals surface area (Å²) in [6, 6.07) is 3.67. The Kier molecular flexibility index (Phi) is 4.47. The predicted molar refractivity (Wildman–Crippen MR) is 66.5 cm³/mol. The van der Waals surface area contributed by atoms with Gasteiger partial charge >= 0.3 is 0 Å². The smallest absolute Gasteiger partial charge is 0.227 e. The number of benzene rings is 1. The summed E-state index contributed by atoms with van der Waals surface area (Å²) in [5.74, 6) is -1.74. The van der Waals surface area contributed by atoms with Crippen molar-refractivity contribution < 1.29 is 18.7 Å². The standard InChI is InChI=1S/C14H17F2NO2/c15-12-5-2-6-13(16)11(12)9-14(19)17(7-8-18)10-3-1-4-10/h2,5-6,10,18H,1,3-4,7-9H2. The lowest BCUT2D eigenvalue weighted by atomic mass is 9.91. The summed E-state index contributed by atoms with van der Waals surface area (Å²) in [5.41, 5.74) is -0.199. The predicted octanol–water partition coefficient (Wildman–Crippen LogP) is 1.88. The van der Waals surface area contributed by atoms with Crippen LogP contribution in [0.15, 0.2) is 18.2 Å². The molecule has 5 heteroatoms. The second kappa shape index (κ2) is 6.10. The highest BCUT2D eigenvalue weighted by Gasteiger charge is 2.29. The number of amides is 1. The number of hydrogen-bond acceptors (Lipinski definition) is 2. The Morgan fingerprint density at radius 2 is 1.95 bits per heavy atom. The molecule has 0 atom stereocenters. The Bertz CT molecular complexity index is 441. The van der Waals surface area contributed by atoms with Gasteiger partial charge in [-0.15, -0.1) is 0 Å². The van der Waals surface area contributed by atoms with Gasteiger partial charge in [-0.1, -0.05) is 6.07 Å². The molecule has 3 nitrogen and oxygen atoms in total. The molecule has 1 aromatic carbocycles. The molecule has 1 amide bonds. The van der Waals surface area contributed by atoms with E-state index in [9.17, 15) is 13.6 Å². The molecule has 0 unspecified atom stereocenters. The van der Waals surface area contributed by atoms with Crippen molar-refractivity contribution in [3.05, 3.63) is 35.4 Å². The minimum absolute atomic E-state index is 0.106. The van der Waals surface area contributed by atoms with Gasteiger partial charge in [-0.25, -0.2) is 8.78 Å². The lowest BCUT2D eigenvalue weighted by Gasteiger charge is -2.37. The van der Waals surface area contributed by atoms with Crippen molar-refractivity contribution in [2.24, 2.45) is 0 Å². The van der Waals surface area contributed by atoms with Crippen molar-refractivity contribution in [2.45, 2.75) is 31.7 Å². The third-order valence-electron chi connectivity index (χ3n) is 3.57. The van der Waals surface area contributed by atoms with E-state index in [0.29, 0.717) is 0 Å². The maximum absolute atomic E-state index is 13.5. The number of carbonyl (C=O) groups is 1. The molecular weight excluding hydrogens is 252 g/mol. The average Bonchev–Trinajstić information content (AvgIpc) is 2.31. The summed E-state index contributed by atoms with van der Waals surface area (Å²) in [6.45, 7) is 0.0849. The fourth-order valence-corrected chi connectivity index (χ4v) is 2.27. The van der Waals surface area contributed by atoms with E-state index in [1.807, 2.05) is 0 Å². The summed E-state index contributed by atoms with van der Waals surface area (Å²) in [7, 11) is 0. The minimum atomic E-state index is -0.703. The number of nitrogens with zero attached hydrogens (tertiary/aromatic N) is 1. The molecule has 1 aliphatic carbocycles. The van der Waals surface area contributed by atoms with E-state index in [2.05, 4.69) is 0 Å². The lowest BCUT2D eigenvalue weighted by Crippen LogP contribution is -2.46. The SMILES string of the molecule is O=C(Cc1c(F)cccc1F)N(CCO)C1CCC1. The van der Waals surface area contributed by atoms with Gasteiger partial charge in [-0.05, 0) is 31.4 Å². The van der Waals surface area contributed by atoms with Crippen LogP contribution in [0.4, 0.5) is 8.78 Å². The lowest BCUT2D eigenvalue weighted by molar-refractivity contribution is -0.135. The Morgan fingerprint density at radius 1 is 1.32 bits per heavy atom. The number of halogens is 2. The topological polar surface area (TPSA) is 40.5 Å². The first-order valence-corrected chi connectivity index (χ1v) is 6.46.